The zero-order chi connectivity index (χ0) is 13.8. The van der Waals surface area contributed by atoms with Crippen LogP contribution in [-0.4, -0.2) is 25.8 Å². The van der Waals surface area contributed by atoms with Gasteiger partial charge in [-0.15, -0.1) is 6.42 Å². The molecule has 0 N–H and O–H groups in total. The molecule has 0 heterocycles. The number of terminal acetylenes is 1. The van der Waals surface area contributed by atoms with Crippen molar-refractivity contribution >= 4 is 10.0 Å². The second-order valence-corrected chi connectivity index (χ2v) is 5.40. The van der Waals surface area contributed by atoms with Crippen LogP contribution in [-0.2, 0) is 10.0 Å². The van der Waals surface area contributed by atoms with Crippen molar-refractivity contribution in [2.24, 2.45) is 0 Å². The standard InChI is InChI=1S/C12H11FN2O2S/c1-3-8-15(9-7-14)18(16,17)12-10(2)5-4-6-11(12)13/h1,4-6H,8-9H2,2H3. The van der Waals surface area contributed by atoms with Crippen LogP contribution in [0.25, 0.3) is 0 Å². The molecule has 0 unspecified atom stereocenters. The average molecular weight is 266 g/mol. The summed E-state index contributed by atoms with van der Waals surface area (Å²) in [5, 5.41) is 8.59. The number of sulfonamides is 1. The van der Waals surface area contributed by atoms with Crippen LogP contribution in [0.5, 0.6) is 0 Å². The lowest BCUT2D eigenvalue weighted by Crippen LogP contribution is -2.33. The van der Waals surface area contributed by atoms with Gasteiger partial charge >= 0.3 is 0 Å². The molecule has 18 heavy (non-hydrogen) atoms. The summed E-state index contributed by atoms with van der Waals surface area (Å²) in [4.78, 5) is -0.435. The molecule has 0 radical (unpaired) electrons. The first kappa shape index (κ1) is 14.2. The molecule has 0 spiro atoms. The third-order valence-corrected chi connectivity index (χ3v) is 4.25. The highest BCUT2D eigenvalue weighted by molar-refractivity contribution is 7.89. The van der Waals surface area contributed by atoms with Crippen LogP contribution < -0.4 is 0 Å². The van der Waals surface area contributed by atoms with Gasteiger partial charge in [0, 0.05) is 0 Å². The minimum Gasteiger partial charge on any atom is -0.207 e. The Kier molecular flexibility index (Phi) is 4.43. The summed E-state index contributed by atoms with van der Waals surface area (Å²) in [5.74, 6) is 1.29. The molecule has 1 aromatic rings. The summed E-state index contributed by atoms with van der Waals surface area (Å²) in [7, 11) is -4.09. The number of rotatable bonds is 4. The van der Waals surface area contributed by atoms with Gasteiger partial charge in [-0.1, -0.05) is 18.1 Å². The highest BCUT2D eigenvalue weighted by Gasteiger charge is 2.28. The first-order chi connectivity index (χ1) is 8.45. The van der Waals surface area contributed by atoms with Crippen molar-refractivity contribution in [2.45, 2.75) is 11.8 Å². The molecule has 1 aromatic carbocycles. The summed E-state index contributed by atoms with van der Waals surface area (Å²) < 4.78 is 38.8. The zero-order valence-electron chi connectivity index (χ0n) is 9.72. The predicted molar refractivity (Wildman–Crippen MR) is 64.3 cm³/mol. The fourth-order valence-corrected chi connectivity index (χ4v) is 3.00. The molecule has 0 atom stereocenters. The Morgan fingerprint density at radius 3 is 2.61 bits per heavy atom. The minimum atomic E-state index is -4.09. The summed E-state index contributed by atoms with van der Waals surface area (Å²) in [6.07, 6.45) is 5.05. The molecular formula is C12H11FN2O2S. The smallest absolute Gasteiger partial charge is 0.207 e. The van der Waals surface area contributed by atoms with Crippen LogP contribution in [0.3, 0.4) is 0 Å². The molecule has 0 aromatic heterocycles. The Hall–Kier alpha value is -1.89. The Bertz CT molecular complexity index is 590. The number of hydrogen-bond donors (Lipinski definition) is 0. The molecule has 0 amide bonds. The lowest BCUT2D eigenvalue weighted by atomic mass is 10.2. The van der Waals surface area contributed by atoms with E-state index in [2.05, 4.69) is 5.92 Å². The normalized spacial score (nSPS) is 10.9. The number of nitrogens with zero attached hydrogens (tertiary/aromatic N) is 2. The number of nitriles is 1. The van der Waals surface area contributed by atoms with Gasteiger partial charge < -0.3 is 0 Å². The van der Waals surface area contributed by atoms with Crippen molar-refractivity contribution in [1.29, 1.82) is 5.26 Å². The fourth-order valence-electron chi connectivity index (χ4n) is 1.48. The second-order valence-electron chi connectivity index (χ2n) is 3.52. The Labute approximate surface area is 106 Å². The van der Waals surface area contributed by atoms with Crippen molar-refractivity contribution in [2.75, 3.05) is 13.1 Å². The highest BCUT2D eigenvalue weighted by Crippen LogP contribution is 2.22. The van der Waals surface area contributed by atoms with E-state index in [1.807, 2.05) is 0 Å². The SMILES string of the molecule is C#CCN(CC#N)S(=O)(=O)c1c(C)cccc1F. The van der Waals surface area contributed by atoms with Gasteiger partial charge in [0.05, 0.1) is 12.6 Å². The number of halogens is 1. The monoisotopic (exact) mass is 266 g/mol. The molecule has 0 bridgehead atoms. The van der Waals surface area contributed by atoms with Crippen LogP contribution in [0.1, 0.15) is 5.56 Å². The molecule has 0 fully saturated rings. The van der Waals surface area contributed by atoms with Gasteiger partial charge in [-0.3, -0.25) is 0 Å². The van der Waals surface area contributed by atoms with E-state index in [0.29, 0.717) is 0 Å². The average Bonchev–Trinajstić information content (AvgIpc) is 2.28. The fraction of sp³-hybridized carbons (Fsp3) is 0.250. The van der Waals surface area contributed by atoms with Crippen LogP contribution in [0.15, 0.2) is 23.1 Å². The number of benzene rings is 1. The Morgan fingerprint density at radius 1 is 1.44 bits per heavy atom. The third-order valence-electron chi connectivity index (χ3n) is 2.28. The van der Waals surface area contributed by atoms with Gasteiger partial charge in [0.2, 0.25) is 10.0 Å². The van der Waals surface area contributed by atoms with E-state index in [1.54, 1.807) is 6.07 Å². The number of aryl methyl sites for hydroxylation is 1. The molecule has 0 aliphatic carbocycles. The van der Waals surface area contributed by atoms with Gasteiger partial charge in [-0.05, 0) is 18.6 Å². The van der Waals surface area contributed by atoms with Gasteiger partial charge in [0.1, 0.15) is 17.3 Å². The van der Waals surface area contributed by atoms with E-state index in [4.69, 9.17) is 11.7 Å². The van der Waals surface area contributed by atoms with Crippen LogP contribution in [0.2, 0.25) is 0 Å². The lowest BCUT2D eigenvalue weighted by molar-refractivity contribution is 0.472. The minimum absolute atomic E-state index is 0.273. The molecule has 0 saturated heterocycles. The van der Waals surface area contributed by atoms with E-state index in [1.165, 1.54) is 19.1 Å². The molecule has 4 nitrogen and oxygen atoms in total. The van der Waals surface area contributed by atoms with Gasteiger partial charge in [0.15, 0.2) is 0 Å². The van der Waals surface area contributed by atoms with E-state index in [-0.39, 0.29) is 12.1 Å². The highest BCUT2D eigenvalue weighted by atomic mass is 32.2. The largest absolute Gasteiger partial charge is 0.248 e. The molecular weight excluding hydrogens is 255 g/mol. The van der Waals surface area contributed by atoms with Crippen LogP contribution >= 0.6 is 0 Å². The van der Waals surface area contributed by atoms with Crippen molar-refractivity contribution in [3.05, 3.63) is 29.6 Å². The second kappa shape index (κ2) is 5.63. The van der Waals surface area contributed by atoms with E-state index in [9.17, 15) is 12.8 Å². The third kappa shape index (κ3) is 2.67. The van der Waals surface area contributed by atoms with Crippen molar-refractivity contribution in [1.82, 2.24) is 4.31 Å². The summed E-state index contributed by atoms with van der Waals surface area (Å²) >= 11 is 0. The first-order valence-corrected chi connectivity index (χ1v) is 6.44. The van der Waals surface area contributed by atoms with Gasteiger partial charge in [0.25, 0.3) is 0 Å². The summed E-state index contributed by atoms with van der Waals surface area (Å²) in [5.41, 5.74) is 0.273. The first-order valence-electron chi connectivity index (χ1n) is 5.00. The van der Waals surface area contributed by atoms with E-state index >= 15 is 0 Å². The molecule has 94 valence electrons. The van der Waals surface area contributed by atoms with E-state index < -0.39 is 27.3 Å². The van der Waals surface area contributed by atoms with Crippen molar-refractivity contribution in [3.8, 4) is 18.4 Å². The lowest BCUT2D eigenvalue weighted by Gasteiger charge is -2.18. The maximum atomic E-state index is 13.6. The Morgan fingerprint density at radius 2 is 2.11 bits per heavy atom. The molecule has 0 aliphatic rings. The molecule has 6 heteroatoms. The maximum absolute atomic E-state index is 13.6. The van der Waals surface area contributed by atoms with Crippen molar-refractivity contribution < 1.29 is 12.8 Å². The molecule has 0 aliphatic heterocycles. The van der Waals surface area contributed by atoms with Gasteiger partial charge in [-0.25, -0.2) is 12.8 Å². The van der Waals surface area contributed by atoms with E-state index in [0.717, 1.165) is 10.4 Å². The molecule has 0 saturated carbocycles. The van der Waals surface area contributed by atoms with Gasteiger partial charge in [-0.2, -0.15) is 9.57 Å². The van der Waals surface area contributed by atoms with Crippen molar-refractivity contribution in [3.63, 3.8) is 0 Å². The van der Waals surface area contributed by atoms with Crippen LogP contribution in [0.4, 0.5) is 4.39 Å². The van der Waals surface area contributed by atoms with Crippen LogP contribution in [0, 0.1) is 36.4 Å². The molecule has 1 rings (SSSR count). The summed E-state index contributed by atoms with van der Waals surface area (Å²) in [6.45, 7) is 0.792. The summed E-state index contributed by atoms with van der Waals surface area (Å²) in [6, 6.07) is 5.65. The predicted octanol–water partition coefficient (Wildman–Crippen LogP) is 1.28. The topological polar surface area (TPSA) is 61.2 Å². The Balaban J connectivity index is 3.37. The number of hydrogen-bond acceptors (Lipinski definition) is 3. The maximum Gasteiger partial charge on any atom is 0.248 e. The quantitative estimate of drug-likeness (QED) is 0.609. The zero-order valence-corrected chi connectivity index (χ0v) is 10.5.